The van der Waals surface area contributed by atoms with Gasteiger partial charge in [-0.05, 0) is 91.9 Å². The summed E-state index contributed by atoms with van der Waals surface area (Å²) in [6, 6.07) is 10.5. The molecule has 0 N–H and O–H groups in total. The van der Waals surface area contributed by atoms with E-state index in [0.29, 0.717) is 23.1 Å². The minimum atomic E-state index is -4.55. The lowest BCUT2D eigenvalue weighted by Crippen LogP contribution is -2.36. The number of halogens is 3. The molecule has 0 radical (unpaired) electrons. The van der Waals surface area contributed by atoms with Crippen LogP contribution in [0.1, 0.15) is 96.3 Å². The van der Waals surface area contributed by atoms with Crippen LogP contribution in [0.3, 0.4) is 0 Å². The number of hydrogen-bond donors (Lipinski definition) is 0. The molecular formula is C31H36F3N5O. The second-order valence-corrected chi connectivity index (χ2v) is 12.0. The summed E-state index contributed by atoms with van der Waals surface area (Å²) >= 11 is 0. The lowest BCUT2D eigenvalue weighted by molar-refractivity contribution is -0.138. The normalized spacial score (nSPS) is 21.8. The van der Waals surface area contributed by atoms with Gasteiger partial charge in [0.05, 0.1) is 12.1 Å². The fourth-order valence-corrected chi connectivity index (χ4v) is 6.79. The number of aryl methyl sites for hydroxylation is 1. The fraction of sp³-hybridized carbons (Fsp3) is 0.516. The smallest absolute Gasteiger partial charge is 0.320 e. The summed E-state index contributed by atoms with van der Waals surface area (Å²) in [5, 5.41) is 8.46. The van der Waals surface area contributed by atoms with Crippen molar-refractivity contribution in [1.29, 1.82) is 0 Å². The predicted molar refractivity (Wildman–Crippen MR) is 147 cm³/mol. The summed E-state index contributed by atoms with van der Waals surface area (Å²) < 4.78 is 45.1. The van der Waals surface area contributed by atoms with Crippen molar-refractivity contribution in [2.24, 2.45) is 18.9 Å². The van der Waals surface area contributed by atoms with Gasteiger partial charge in [-0.2, -0.15) is 13.2 Å². The van der Waals surface area contributed by atoms with Gasteiger partial charge < -0.3 is 9.47 Å². The van der Waals surface area contributed by atoms with E-state index in [1.54, 1.807) is 12.4 Å². The van der Waals surface area contributed by atoms with Gasteiger partial charge in [0.2, 0.25) is 0 Å². The Morgan fingerprint density at radius 1 is 1.05 bits per heavy atom. The lowest BCUT2D eigenvalue weighted by Gasteiger charge is -2.36. The van der Waals surface area contributed by atoms with Gasteiger partial charge in [-0.3, -0.25) is 9.69 Å². The summed E-state index contributed by atoms with van der Waals surface area (Å²) in [7, 11) is 1.92. The predicted octanol–water partition coefficient (Wildman–Crippen LogP) is 6.72. The molecule has 2 aromatic carbocycles. The van der Waals surface area contributed by atoms with Crippen LogP contribution in [-0.2, 0) is 19.8 Å². The van der Waals surface area contributed by atoms with E-state index in [1.807, 2.05) is 42.8 Å². The third-order valence-corrected chi connectivity index (χ3v) is 9.27. The molecular weight excluding hydrogens is 515 g/mol. The molecule has 9 heteroatoms. The monoisotopic (exact) mass is 551 g/mol. The van der Waals surface area contributed by atoms with Gasteiger partial charge in [0.25, 0.3) is 5.91 Å². The molecule has 3 heterocycles. The third-order valence-electron chi connectivity index (χ3n) is 9.27. The maximum absolute atomic E-state index is 14.4. The van der Waals surface area contributed by atoms with E-state index < -0.39 is 11.7 Å². The highest BCUT2D eigenvalue weighted by atomic mass is 19.4. The minimum absolute atomic E-state index is 0.0198. The van der Waals surface area contributed by atoms with Crippen LogP contribution in [0.5, 0.6) is 0 Å². The first-order valence-electron chi connectivity index (χ1n) is 14.4. The molecule has 3 aliphatic rings. The molecule has 1 amide bonds. The number of nitrogens with zero attached hydrogens (tertiary/aromatic N) is 5. The SMILES string of the molecule is CC(c1cc2c(c(C(F)(F)F)c1)CN(c1cccc(C(c3nncn3C)C3CCC3)c1)C2=O)N1CCC[C@H](C)C1. The standard InChI is InChI=1S/C31H36F3N5O/c1-19-7-6-12-38(16-19)20(2)23-14-25-26(27(15-23)31(32,33)34)17-39(30(25)40)24-11-5-10-22(13-24)28(21-8-4-9-21)29-36-35-18-37(29)3/h5,10-11,13-15,18-21,28H,4,6-9,12,16-17H2,1-3H3/t19-,20?,28?/m0/s1. The van der Waals surface area contributed by atoms with Gasteiger partial charge in [0.1, 0.15) is 12.2 Å². The number of fused-ring (bicyclic) bond motifs is 1. The van der Waals surface area contributed by atoms with Gasteiger partial charge in [-0.1, -0.05) is 25.5 Å². The zero-order valence-corrected chi connectivity index (χ0v) is 23.3. The number of aromatic nitrogens is 3. The Morgan fingerprint density at radius 3 is 2.50 bits per heavy atom. The van der Waals surface area contributed by atoms with E-state index in [9.17, 15) is 18.0 Å². The highest BCUT2D eigenvalue weighted by molar-refractivity contribution is 6.10. The molecule has 0 spiro atoms. The number of likely N-dealkylation sites (tertiary alicyclic amines) is 1. The van der Waals surface area contributed by atoms with E-state index in [0.717, 1.165) is 56.6 Å². The van der Waals surface area contributed by atoms with Crippen LogP contribution in [0.15, 0.2) is 42.7 Å². The Bertz CT molecular complexity index is 1410. The van der Waals surface area contributed by atoms with Crippen molar-refractivity contribution in [3.05, 3.63) is 76.4 Å². The van der Waals surface area contributed by atoms with Crippen molar-refractivity contribution in [2.75, 3.05) is 18.0 Å². The van der Waals surface area contributed by atoms with Gasteiger partial charge >= 0.3 is 6.18 Å². The molecule has 1 saturated carbocycles. The second kappa shape index (κ2) is 10.3. The van der Waals surface area contributed by atoms with Crippen molar-refractivity contribution in [2.45, 2.75) is 70.6 Å². The van der Waals surface area contributed by atoms with Gasteiger partial charge in [0, 0.05) is 36.8 Å². The van der Waals surface area contributed by atoms with Crippen LogP contribution < -0.4 is 4.90 Å². The Kier molecular flexibility index (Phi) is 6.97. The van der Waals surface area contributed by atoms with Gasteiger partial charge in [-0.25, -0.2) is 0 Å². The summed E-state index contributed by atoms with van der Waals surface area (Å²) in [6.07, 6.45) is 2.63. The third kappa shape index (κ3) is 4.82. The van der Waals surface area contributed by atoms with Crippen LogP contribution in [0, 0.1) is 11.8 Å². The summed E-state index contributed by atoms with van der Waals surface area (Å²) in [5.41, 5.74) is 1.70. The highest BCUT2D eigenvalue weighted by Crippen LogP contribution is 2.45. The van der Waals surface area contributed by atoms with Crippen LogP contribution in [0.25, 0.3) is 0 Å². The van der Waals surface area contributed by atoms with E-state index >= 15 is 0 Å². The Hall–Kier alpha value is -3.20. The number of rotatable bonds is 6. The summed E-state index contributed by atoms with van der Waals surface area (Å²) in [4.78, 5) is 17.5. The summed E-state index contributed by atoms with van der Waals surface area (Å²) in [6.45, 7) is 5.73. The molecule has 2 fully saturated rings. The first-order valence-corrected chi connectivity index (χ1v) is 14.4. The molecule has 1 aliphatic carbocycles. The molecule has 6 rings (SSSR count). The second-order valence-electron chi connectivity index (χ2n) is 12.0. The Labute approximate surface area is 233 Å². The van der Waals surface area contributed by atoms with E-state index in [-0.39, 0.29) is 35.5 Å². The van der Waals surface area contributed by atoms with E-state index in [1.165, 1.54) is 11.0 Å². The highest BCUT2D eigenvalue weighted by Gasteiger charge is 2.41. The van der Waals surface area contributed by atoms with Crippen molar-refractivity contribution in [1.82, 2.24) is 19.7 Å². The quantitative estimate of drug-likeness (QED) is 0.341. The number of benzene rings is 2. The first kappa shape index (κ1) is 27.0. The topological polar surface area (TPSA) is 54.3 Å². The molecule has 1 aromatic heterocycles. The zero-order chi connectivity index (χ0) is 28.2. The largest absolute Gasteiger partial charge is 0.416 e. The number of carbonyl (C=O) groups is 1. The molecule has 2 unspecified atom stereocenters. The van der Waals surface area contributed by atoms with Gasteiger partial charge in [0.15, 0.2) is 0 Å². The number of hydrogen-bond acceptors (Lipinski definition) is 4. The molecule has 3 aromatic rings. The van der Waals surface area contributed by atoms with Crippen molar-refractivity contribution in [3.63, 3.8) is 0 Å². The number of amides is 1. The van der Waals surface area contributed by atoms with Gasteiger partial charge in [-0.15, -0.1) is 10.2 Å². The van der Waals surface area contributed by atoms with Crippen LogP contribution >= 0.6 is 0 Å². The van der Waals surface area contributed by atoms with Crippen molar-refractivity contribution < 1.29 is 18.0 Å². The summed E-state index contributed by atoms with van der Waals surface area (Å²) in [5.74, 6) is 1.43. The Balaban J connectivity index is 1.35. The maximum atomic E-state index is 14.4. The number of piperidine rings is 1. The zero-order valence-electron chi connectivity index (χ0n) is 23.3. The molecule has 6 nitrogen and oxygen atoms in total. The number of anilines is 1. The Morgan fingerprint density at radius 2 is 1.85 bits per heavy atom. The molecule has 0 bridgehead atoms. The van der Waals surface area contributed by atoms with E-state index in [2.05, 4.69) is 22.0 Å². The maximum Gasteiger partial charge on any atom is 0.416 e. The van der Waals surface area contributed by atoms with Crippen LogP contribution in [0.4, 0.5) is 18.9 Å². The molecule has 40 heavy (non-hydrogen) atoms. The first-order chi connectivity index (χ1) is 19.1. The van der Waals surface area contributed by atoms with E-state index in [4.69, 9.17) is 0 Å². The molecule has 212 valence electrons. The van der Waals surface area contributed by atoms with Crippen molar-refractivity contribution in [3.8, 4) is 0 Å². The molecule has 3 atom stereocenters. The lowest BCUT2D eigenvalue weighted by atomic mass is 9.72. The minimum Gasteiger partial charge on any atom is -0.320 e. The average Bonchev–Trinajstić information content (AvgIpc) is 3.47. The number of carbonyl (C=O) groups excluding carboxylic acids is 1. The fourth-order valence-electron chi connectivity index (χ4n) is 6.79. The number of alkyl halides is 3. The average molecular weight is 552 g/mol. The molecule has 2 aliphatic heterocycles. The van der Waals surface area contributed by atoms with Crippen molar-refractivity contribution >= 4 is 11.6 Å². The van der Waals surface area contributed by atoms with Crippen LogP contribution in [0.2, 0.25) is 0 Å². The molecule has 1 saturated heterocycles. The van der Waals surface area contributed by atoms with Crippen LogP contribution in [-0.4, -0.2) is 38.7 Å².